The molecule has 0 aliphatic heterocycles. The van der Waals surface area contributed by atoms with Crippen molar-refractivity contribution in [2.24, 2.45) is 0 Å². The molecule has 0 fully saturated rings. The second-order valence-corrected chi connectivity index (χ2v) is 7.50. The number of hydrogen-bond donors (Lipinski definition) is 1. The predicted molar refractivity (Wildman–Crippen MR) is 105 cm³/mol. The zero-order chi connectivity index (χ0) is 18.9. The first-order valence-corrected chi connectivity index (χ1v) is 10.0. The fourth-order valence-electron chi connectivity index (χ4n) is 2.05. The van der Waals surface area contributed by atoms with E-state index in [9.17, 15) is 4.79 Å². The Labute approximate surface area is 165 Å². The van der Waals surface area contributed by atoms with Gasteiger partial charge in [0.1, 0.15) is 12.4 Å². The summed E-state index contributed by atoms with van der Waals surface area (Å²) in [6.07, 6.45) is 2.98. The molecule has 2 aromatic heterocycles. The van der Waals surface area contributed by atoms with Crippen molar-refractivity contribution in [3.63, 3.8) is 0 Å². The van der Waals surface area contributed by atoms with Crippen molar-refractivity contribution in [3.05, 3.63) is 59.9 Å². The largest absolute Gasteiger partial charge is 0.489 e. The third kappa shape index (κ3) is 6.22. The van der Waals surface area contributed by atoms with Gasteiger partial charge in [-0.25, -0.2) is 4.79 Å². The van der Waals surface area contributed by atoms with E-state index in [0.717, 1.165) is 27.0 Å². The molecule has 3 rings (SSSR count). The number of anilines is 1. The molecule has 2 heterocycles. The van der Waals surface area contributed by atoms with Crippen molar-refractivity contribution >= 4 is 34.3 Å². The first-order valence-electron chi connectivity index (χ1n) is 8.23. The summed E-state index contributed by atoms with van der Waals surface area (Å²) in [7, 11) is 0. The maximum absolute atomic E-state index is 11.4. The van der Waals surface area contributed by atoms with Gasteiger partial charge in [-0.2, -0.15) is 0 Å². The number of nitrogens with one attached hydrogen (secondary N) is 1. The topological polar surface area (TPSA) is 86.2 Å². The smallest absolute Gasteiger partial charge is 0.413 e. The molecule has 0 unspecified atom stereocenters. The number of carbonyl (C=O) groups excluding carboxylic acids is 1. The van der Waals surface area contributed by atoms with Crippen LogP contribution in [-0.4, -0.2) is 27.9 Å². The summed E-state index contributed by atoms with van der Waals surface area (Å²) in [6.45, 7) is 2.57. The summed E-state index contributed by atoms with van der Waals surface area (Å²) in [5.74, 6) is 1.57. The zero-order valence-electron chi connectivity index (χ0n) is 14.6. The van der Waals surface area contributed by atoms with E-state index >= 15 is 0 Å². The molecule has 3 aromatic rings. The highest BCUT2D eigenvalue weighted by atomic mass is 32.2. The van der Waals surface area contributed by atoms with Gasteiger partial charge in [-0.3, -0.25) is 10.3 Å². The second-order valence-electron chi connectivity index (χ2n) is 5.30. The van der Waals surface area contributed by atoms with Gasteiger partial charge in [0.2, 0.25) is 5.13 Å². The average molecular weight is 403 g/mol. The van der Waals surface area contributed by atoms with E-state index in [-0.39, 0.29) is 0 Å². The second kappa shape index (κ2) is 9.89. The minimum Gasteiger partial charge on any atom is -0.489 e. The van der Waals surface area contributed by atoms with Crippen LogP contribution < -0.4 is 10.1 Å². The Morgan fingerprint density at radius 3 is 2.63 bits per heavy atom. The number of carbonyl (C=O) groups is 1. The Balaban J connectivity index is 1.46. The summed E-state index contributed by atoms with van der Waals surface area (Å²) in [4.78, 5) is 15.3. The predicted octanol–water partition coefficient (Wildman–Crippen LogP) is 4.37. The first kappa shape index (κ1) is 19.1. The number of ether oxygens (including phenoxy) is 2. The number of hydrogen-bond acceptors (Lipinski definition) is 8. The van der Waals surface area contributed by atoms with Crippen LogP contribution in [0, 0.1) is 0 Å². The van der Waals surface area contributed by atoms with Crippen molar-refractivity contribution in [2.45, 2.75) is 23.6 Å². The summed E-state index contributed by atoms with van der Waals surface area (Å²) >= 11 is 2.87. The lowest BCUT2D eigenvalue weighted by atomic mass is 10.2. The zero-order valence-corrected chi connectivity index (χ0v) is 16.3. The standard InChI is InChI=1S/C18H18N4O3S2/c1-2-24-17(23)20-16-21-22-18(27-16)26-12-14-3-5-15(6-4-14)25-11-13-7-9-19-10-8-13/h3-10H,2,11-12H2,1H3,(H,20,21,23). The van der Waals surface area contributed by atoms with Crippen molar-refractivity contribution in [3.8, 4) is 5.75 Å². The quantitative estimate of drug-likeness (QED) is 0.442. The number of rotatable bonds is 8. The number of pyridine rings is 1. The lowest BCUT2D eigenvalue weighted by molar-refractivity contribution is 0.168. The molecule has 1 aromatic carbocycles. The van der Waals surface area contributed by atoms with Crippen LogP contribution in [0.3, 0.4) is 0 Å². The summed E-state index contributed by atoms with van der Waals surface area (Å²) < 4.78 is 11.4. The molecule has 1 N–H and O–H groups in total. The minimum atomic E-state index is -0.521. The van der Waals surface area contributed by atoms with Crippen LogP contribution in [0.1, 0.15) is 18.1 Å². The van der Waals surface area contributed by atoms with Gasteiger partial charge in [0.25, 0.3) is 0 Å². The fourth-order valence-corrected chi connectivity index (χ4v) is 3.74. The maximum Gasteiger partial charge on any atom is 0.413 e. The first-order chi connectivity index (χ1) is 13.2. The van der Waals surface area contributed by atoms with E-state index in [1.807, 2.05) is 36.4 Å². The summed E-state index contributed by atoms with van der Waals surface area (Å²) in [5.41, 5.74) is 2.22. The van der Waals surface area contributed by atoms with Crippen molar-refractivity contribution in [1.29, 1.82) is 0 Å². The number of aromatic nitrogens is 3. The van der Waals surface area contributed by atoms with E-state index in [1.54, 1.807) is 31.1 Å². The lowest BCUT2D eigenvalue weighted by Crippen LogP contribution is -2.12. The minimum absolute atomic E-state index is 0.314. The Morgan fingerprint density at radius 2 is 1.89 bits per heavy atom. The van der Waals surface area contributed by atoms with Gasteiger partial charge in [0.05, 0.1) is 6.61 Å². The molecule has 0 aliphatic carbocycles. The van der Waals surface area contributed by atoms with E-state index in [4.69, 9.17) is 9.47 Å². The van der Waals surface area contributed by atoms with Gasteiger partial charge >= 0.3 is 6.09 Å². The van der Waals surface area contributed by atoms with Crippen LogP contribution in [0.4, 0.5) is 9.93 Å². The lowest BCUT2D eigenvalue weighted by Gasteiger charge is -2.07. The van der Waals surface area contributed by atoms with Crippen LogP contribution in [0.5, 0.6) is 5.75 Å². The Kier molecular flexibility index (Phi) is 7.00. The molecule has 0 aliphatic rings. The van der Waals surface area contributed by atoms with Crippen LogP contribution >= 0.6 is 23.1 Å². The van der Waals surface area contributed by atoms with Crippen molar-refractivity contribution in [1.82, 2.24) is 15.2 Å². The van der Waals surface area contributed by atoms with Gasteiger partial charge in [-0.15, -0.1) is 10.2 Å². The highest BCUT2D eigenvalue weighted by molar-refractivity contribution is 8.00. The molecule has 0 atom stereocenters. The normalized spacial score (nSPS) is 10.4. The van der Waals surface area contributed by atoms with Crippen LogP contribution in [-0.2, 0) is 17.1 Å². The van der Waals surface area contributed by atoms with Crippen molar-refractivity contribution < 1.29 is 14.3 Å². The Morgan fingerprint density at radius 1 is 1.11 bits per heavy atom. The molecule has 0 saturated carbocycles. The van der Waals surface area contributed by atoms with Gasteiger partial charge in [0, 0.05) is 18.1 Å². The highest BCUT2D eigenvalue weighted by Gasteiger charge is 2.09. The molecule has 0 spiro atoms. The van der Waals surface area contributed by atoms with Crippen LogP contribution in [0.15, 0.2) is 53.1 Å². The summed E-state index contributed by atoms with van der Waals surface area (Å²) in [6, 6.07) is 11.8. The molecule has 140 valence electrons. The molecule has 0 bridgehead atoms. The van der Waals surface area contributed by atoms with Crippen LogP contribution in [0.25, 0.3) is 0 Å². The van der Waals surface area contributed by atoms with Crippen molar-refractivity contribution in [2.75, 3.05) is 11.9 Å². The van der Waals surface area contributed by atoms with Crippen LogP contribution in [0.2, 0.25) is 0 Å². The molecule has 0 radical (unpaired) electrons. The number of nitrogens with zero attached hydrogens (tertiary/aromatic N) is 3. The molecule has 7 nitrogen and oxygen atoms in total. The van der Waals surface area contributed by atoms with E-state index < -0.39 is 6.09 Å². The number of amides is 1. The SMILES string of the molecule is CCOC(=O)Nc1nnc(SCc2ccc(OCc3ccncc3)cc2)s1. The fraction of sp³-hybridized carbons (Fsp3) is 0.222. The van der Waals surface area contributed by atoms with Gasteiger partial charge < -0.3 is 9.47 Å². The van der Waals surface area contributed by atoms with E-state index in [2.05, 4.69) is 20.5 Å². The molecule has 0 saturated heterocycles. The van der Waals surface area contributed by atoms with Gasteiger partial charge in [-0.05, 0) is 42.3 Å². The van der Waals surface area contributed by atoms with Gasteiger partial charge in [-0.1, -0.05) is 35.2 Å². The Bertz CT molecular complexity index is 857. The monoisotopic (exact) mass is 402 g/mol. The molecule has 1 amide bonds. The van der Waals surface area contributed by atoms with Gasteiger partial charge in [0.15, 0.2) is 4.34 Å². The van der Waals surface area contributed by atoms with E-state index in [0.29, 0.717) is 18.3 Å². The third-order valence-electron chi connectivity index (χ3n) is 3.33. The molecular formula is C18H18N4O3S2. The number of thioether (sulfide) groups is 1. The maximum atomic E-state index is 11.4. The Hall–Kier alpha value is -2.65. The summed E-state index contributed by atoms with van der Waals surface area (Å²) in [5, 5.41) is 11.0. The highest BCUT2D eigenvalue weighted by Crippen LogP contribution is 2.29. The third-order valence-corrected chi connectivity index (χ3v) is 5.37. The molecule has 9 heteroatoms. The average Bonchev–Trinajstić information content (AvgIpc) is 3.14. The van der Waals surface area contributed by atoms with E-state index in [1.165, 1.54) is 11.3 Å². The number of benzene rings is 1. The molecule has 27 heavy (non-hydrogen) atoms. The molecular weight excluding hydrogens is 384 g/mol.